The summed E-state index contributed by atoms with van der Waals surface area (Å²) in [7, 11) is 0. The Morgan fingerprint density at radius 3 is 2.62 bits per heavy atom. The minimum atomic E-state index is -0.437. The van der Waals surface area contributed by atoms with E-state index in [9.17, 15) is 5.11 Å². The lowest BCUT2D eigenvalue weighted by molar-refractivity contribution is 0.165. The molecule has 88 valence electrons. The first-order valence-electron chi connectivity index (χ1n) is 5.93. The molecule has 16 heavy (non-hydrogen) atoms. The topological polar surface area (TPSA) is 45.1 Å². The molecule has 1 heterocycles. The number of aliphatic hydroxyl groups excluding tert-OH is 1. The molecular weight excluding hydrogens is 200 g/mol. The Morgan fingerprint density at radius 1 is 1.44 bits per heavy atom. The molecule has 1 aromatic heterocycles. The van der Waals surface area contributed by atoms with Crippen molar-refractivity contribution in [3.8, 4) is 0 Å². The average Bonchev–Trinajstić information content (AvgIpc) is 3.06. The summed E-state index contributed by atoms with van der Waals surface area (Å²) in [5, 5.41) is 13.4. The van der Waals surface area contributed by atoms with E-state index < -0.39 is 6.10 Å². The molecule has 3 heteroatoms. The van der Waals surface area contributed by atoms with Crippen molar-refractivity contribution in [1.29, 1.82) is 0 Å². The predicted molar refractivity (Wildman–Crippen MR) is 64.0 cm³/mol. The monoisotopic (exact) mass is 220 g/mol. The Morgan fingerprint density at radius 2 is 2.06 bits per heavy atom. The molecule has 0 aromatic carbocycles. The van der Waals surface area contributed by atoms with Crippen molar-refractivity contribution in [2.24, 2.45) is 5.41 Å². The molecule has 0 amide bonds. The van der Waals surface area contributed by atoms with Crippen molar-refractivity contribution in [2.75, 3.05) is 6.54 Å². The van der Waals surface area contributed by atoms with Gasteiger partial charge in [0.2, 0.25) is 0 Å². The zero-order chi connectivity index (χ0) is 11.6. The fourth-order valence-electron chi connectivity index (χ4n) is 1.87. The Hall–Kier alpha value is -0.930. The molecule has 0 saturated heterocycles. The molecule has 1 fully saturated rings. The van der Waals surface area contributed by atoms with Gasteiger partial charge in [0.05, 0.1) is 6.10 Å². The van der Waals surface area contributed by atoms with Crippen molar-refractivity contribution < 1.29 is 5.11 Å². The van der Waals surface area contributed by atoms with Gasteiger partial charge in [0, 0.05) is 25.0 Å². The highest BCUT2D eigenvalue weighted by atomic mass is 16.3. The molecule has 3 nitrogen and oxygen atoms in total. The maximum atomic E-state index is 9.97. The molecule has 2 unspecified atom stereocenters. The normalized spacial score (nSPS) is 21.4. The summed E-state index contributed by atoms with van der Waals surface area (Å²) in [5.41, 5.74) is 1.38. The van der Waals surface area contributed by atoms with E-state index in [-0.39, 0.29) is 0 Å². The summed E-state index contributed by atoms with van der Waals surface area (Å²) < 4.78 is 0. The van der Waals surface area contributed by atoms with Crippen LogP contribution in [0, 0.1) is 5.41 Å². The molecule has 2 N–H and O–H groups in total. The highest BCUT2D eigenvalue weighted by Gasteiger charge is 2.42. The first kappa shape index (κ1) is 11.6. The summed E-state index contributed by atoms with van der Waals surface area (Å²) in [6, 6.07) is 4.19. The Balaban J connectivity index is 1.82. The smallest absolute Gasteiger partial charge is 0.0915 e. The van der Waals surface area contributed by atoms with Crippen LogP contribution in [0.2, 0.25) is 0 Å². The molecule has 0 aliphatic heterocycles. The highest BCUT2D eigenvalue weighted by molar-refractivity contribution is 5.13. The molecule has 0 radical (unpaired) electrons. The molecule has 0 spiro atoms. The van der Waals surface area contributed by atoms with Crippen LogP contribution in [0.15, 0.2) is 24.5 Å². The van der Waals surface area contributed by atoms with Gasteiger partial charge in [0.15, 0.2) is 0 Å². The number of aromatic nitrogens is 1. The summed E-state index contributed by atoms with van der Waals surface area (Å²) in [6.07, 6.45) is 5.58. The largest absolute Gasteiger partial charge is 0.387 e. The van der Waals surface area contributed by atoms with Gasteiger partial charge in [-0.2, -0.15) is 0 Å². The van der Waals surface area contributed by atoms with Crippen LogP contribution in [-0.2, 0) is 0 Å². The van der Waals surface area contributed by atoms with Crippen LogP contribution in [0.1, 0.15) is 38.4 Å². The van der Waals surface area contributed by atoms with Crippen LogP contribution in [0.3, 0.4) is 0 Å². The Kier molecular flexibility index (Phi) is 3.26. The predicted octanol–water partition coefficient (Wildman–Crippen LogP) is 1.89. The van der Waals surface area contributed by atoms with Gasteiger partial charge in [0.25, 0.3) is 0 Å². The first-order valence-corrected chi connectivity index (χ1v) is 5.93. The van der Waals surface area contributed by atoms with Gasteiger partial charge >= 0.3 is 0 Å². The third-order valence-corrected chi connectivity index (χ3v) is 3.79. The highest BCUT2D eigenvalue weighted by Crippen LogP contribution is 2.47. The molecule has 0 bridgehead atoms. The minimum absolute atomic E-state index is 0.437. The van der Waals surface area contributed by atoms with Crippen molar-refractivity contribution in [3.05, 3.63) is 30.1 Å². The van der Waals surface area contributed by atoms with Crippen molar-refractivity contribution in [2.45, 2.75) is 38.8 Å². The summed E-state index contributed by atoms with van der Waals surface area (Å²) in [6.45, 7) is 5.11. The maximum Gasteiger partial charge on any atom is 0.0915 e. The second kappa shape index (κ2) is 4.52. The fourth-order valence-corrected chi connectivity index (χ4v) is 1.87. The number of nitrogens with one attached hydrogen (secondary N) is 1. The van der Waals surface area contributed by atoms with Crippen LogP contribution in [0.5, 0.6) is 0 Å². The number of nitrogens with zero attached hydrogens (tertiary/aromatic N) is 1. The van der Waals surface area contributed by atoms with Gasteiger partial charge in [0.1, 0.15) is 0 Å². The SMILES string of the molecule is CC(NCC(O)c1ccncc1)C1(C)CC1. The lowest BCUT2D eigenvalue weighted by atomic mass is 10.0. The van der Waals surface area contributed by atoms with E-state index in [4.69, 9.17) is 0 Å². The minimum Gasteiger partial charge on any atom is -0.387 e. The number of hydrogen-bond acceptors (Lipinski definition) is 3. The number of pyridine rings is 1. The van der Waals surface area contributed by atoms with E-state index in [1.54, 1.807) is 12.4 Å². The van der Waals surface area contributed by atoms with Crippen molar-refractivity contribution >= 4 is 0 Å². The Bertz CT molecular complexity index is 335. The molecule has 2 rings (SSSR count). The zero-order valence-electron chi connectivity index (χ0n) is 9.98. The molecule has 1 aliphatic rings. The van der Waals surface area contributed by atoms with E-state index in [1.807, 2.05) is 12.1 Å². The zero-order valence-corrected chi connectivity index (χ0v) is 9.98. The van der Waals surface area contributed by atoms with E-state index in [2.05, 4.69) is 24.1 Å². The number of rotatable bonds is 5. The number of aliphatic hydroxyl groups is 1. The van der Waals surface area contributed by atoms with Gasteiger partial charge in [-0.1, -0.05) is 6.92 Å². The lowest BCUT2D eigenvalue weighted by Gasteiger charge is -2.22. The van der Waals surface area contributed by atoms with E-state index >= 15 is 0 Å². The van der Waals surface area contributed by atoms with Crippen LogP contribution in [0.4, 0.5) is 0 Å². The second-order valence-corrected chi connectivity index (χ2v) is 5.08. The standard InChI is InChI=1S/C13H20N2O/c1-10(13(2)5-6-13)15-9-12(16)11-3-7-14-8-4-11/h3-4,7-8,10,12,15-16H,5-6,9H2,1-2H3. The first-order chi connectivity index (χ1) is 7.62. The molecule has 2 atom stereocenters. The Labute approximate surface area is 96.9 Å². The number of hydrogen-bond donors (Lipinski definition) is 2. The third kappa shape index (κ3) is 2.60. The summed E-state index contributed by atoms with van der Waals surface area (Å²) in [4.78, 5) is 3.94. The quantitative estimate of drug-likeness (QED) is 0.796. The molecule has 1 aliphatic carbocycles. The average molecular weight is 220 g/mol. The van der Waals surface area contributed by atoms with Crippen LogP contribution in [-0.4, -0.2) is 22.7 Å². The van der Waals surface area contributed by atoms with Gasteiger partial charge < -0.3 is 10.4 Å². The van der Waals surface area contributed by atoms with Gasteiger partial charge in [-0.05, 0) is 42.9 Å². The maximum absolute atomic E-state index is 9.97. The van der Waals surface area contributed by atoms with Crippen LogP contribution < -0.4 is 5.32 Å². The second-order valence-electron chi connectivity index (χ2n) is 5.08. The molecule has 1 saturated carbocycles. The van der Waals surface area contributed by atoms with E-state index in [0.717, 1.165) is 5.56 Å². The van der Waals surface area contributed by atoms with Crippen molar-refractivity contribution in [3.63, 3.8) is 0 Å². The fraction of sp³-hybridized carbons (Fsp3) is 0.615. The van der Waals surface area contributed by atoms with Gasteiger partial charge in [-0.15, -0.1) is 0 Å². The molecule has 1 aromatic rings. The van der Waals surface area contributed by atoms with E-state index in [1.165, 1.54) is 12.8 Å². The third-order valence-electron chi connectivity index (χ3n) is 3.79. The molecular formula is C13H20N2O. The lowest BCUT2D eigenvalue weighted by Crippen LogP contribution is -2.36. The van der Waals surface area contributed by atoms with E-state index in [0.29, 0.717) is 18.0 Å². The van der Waals surface area contributed by atoms with Crippen LogP contribution in [0.25, 0.3) is 0 Å². The van der Waals surface area contributed by atoms with Gasteiger partial charge in [-0.25, -0.2) is 0 Å². The van der Waals surface area contributed by atoms with Gasteiger partial charge in [-0.3, -0.25) is 4.98 Å². The summed E-state index contributed by atoms with van der Waals surface area (Å²) >= 11 is 0. The summed E-state index contributed by atoms with van der Waals surface area (Å²) in [5.74, 6) is 0. The van der Waals surface area contributed by atoms with Crippen molar-refractivity contribution in [1.82, 2.24) is 10.3 Å². The van der Waals surface area contributed by atoms with Crippen LogP contribution >= 0.6 is 0 Å².